The van der Waals surface area contributed by atoms with E-state index in [0.717, 1.165) is 0 Å². The Kier molecular flexibility index (Phi) is 2.86. The van der Waals surface area contributed by atoms with E-state index in [0.29, 0.717) is 12.0 Å². The van der Waals surface area contributed by atoms with E-state index in [1.165, 1.54) is 23.9 Å². The van der Waals surface area contributed by atoms with Crippen LogP contribution in [0.3, 0.4) is 0 Å². The van der Waals surface area contributed by atoms with Gasteiger partial charge in [0.15, 0.2) is 6.29 Å². The van der Waals surface area contributed by atoms with Crippen LogP contribution in [0.1, 0.15) is 10.5 Å². The van der Waals surface area contributed by atoms with E-state index < -0.39 is 5.82 Å². The summed E-state index contributed by atoms with van der Waals surface area (Å²) in [6.45, 7) is 0. The van der Waals surface area contributed by atoms with Crippen LogP contribution in [0.5, 0.6) is 5.75 Å². The molecule has 0 fully saturated rings. The first-order valence-corrected chi connectivity index (χ1v) is 4.86. The van der Waals surface area contributed by atoms with Crippen LogP contribution in [0.4, 0.5) is 4.39 Å². The molecule has 0 radical (unpaired) electrons. The number of aryl methyl sites for hydroxylation is 1. The van der Waals surface area contributed by atoms with Crippen molar-refractivity contribution in [2.45, 2.75) is 0 Å². The minimum atomic E-state index is -0.507. The molecular weight excluding hydrogens is 225 g/mol. The van der Waals surface area contributed by atoms with E-state index in [4.69, 9.17) is 4.74 Å². The summed E-state index contributed by atoms with van der Waals surface area (Å²) in [5.41, 5.74) is 0.524. The third kappa shape index (κ3) is 1.77. The molecule has 0 spiro atoms. The van der Waals surface area contributed by atoms with Crippen LogP contribution in [0.15, 0.2) is 18.2 Å². The van der Waals surface area contributed by atoms with Crippen molar-refractivity contribution in [1.82, 2.24) is 15.0 Å². The summed E-state index contributed by atoms with van der Waals surface area (Å²) >= 11 is 0. The first-order chi connectivity index (χ1) is 8.19. The maximum Gasteiger partial charge on any atom is 0.170 e. The number of halogens is 1. The summed E-state index contributed by atoms with van der Waals surface area (Å²) in [7, 11) is 2.99. The minimum Gasteiger partial charge on any atom is -0.496 e. The molecule has 2 rings (SSSR count). The van der Waals surface area contributed by atoms with Crippen molar-refractivity contribution < 1.29 is 13.9 Å². The van der Waals surface area contributed by atoms with E-state index in [9.17, 15) is 9.18 Å². The second-order valence-electron chi connectivity index (χ2n) is 3.38. The maximum absolute atomic E-state index is 13.8. The van der Waals surface area contributed by atoms with Gasteiger partial charge in [-0.3, -0.25) is 4.79 Å². The largest absolute Gasteiger partial charge is 0.496 e. The molecular formula is C11H10FN3O2. The number of hydrogen-bond acceptors (Lipinski definition) is 4. The predicted molar refractivity (Wildman–Crippen MR) is 58.3 cm³/mol. The van der Waals surface area contributed by atoms with E-state index in [1.807, 2.05) is 0 Å². The third-order valence-electron chi connectivity index (χ3n) is 2.41. The van der Waals surface area contributed by atoms with E-state index in [2.05, 4.69) is 10.3 Å². The Hall–Kier alpha value is -2.24. The van der Waals surface area contributed by atoms with Gasteiger partial charge in [-0.1, -0.05) is 11.3 Å². The zero-order chi connectivity index (χ0) is 12.4. The quantitative estimate of drug-likeness (QED) is 0.755. The molecule has 0 amide bonds. The topological polar surface area (TPSA) is 57.0 Å². The van der Waals surface area contributed by atoms with Crippen LogP contribution >= 0.6 is 0 Å². The lowest BCUT2D eigenvalue weighted by Gasteiger charge is -2.07. The second kappa shape index (κ2) is 4.32. The number of rotatable bonds is 3. The van der Waals surface area contributed by atoms with Gasteiger partial charge in [0, 0.05) is 7.05 Å². The molecule has 5 nitrogen and oxygen atoms in total. The van der Waals surface area contributed by atoms with E-state index in [-0.39, 0.29) is 17.0 Å². The van der Waals surface area contributed by atoms with Gasteiger partial charge in [0.1, 0.15) is 23.0 Å². The fourth-order valence-corrected chi connectivity index (χ4v) is 1.58. The number of ether oxygens (including phenoxy) is 1. The number of nitrogens with zero attached hydrogens (tertiary/aromatic N) is 3. The lowest BCUT2D eigenvalue weighted by molar-refractivity contribution is 0.111. The van der Waals surface area contributed by atoms with Gasteiger partial charge in [-0.2, -0.15) is 0 Å². The number of hydrogen-bond donors (Lipinski definition) is 0. The monoisotopic (exact) mass is 235 g/mol. The smallest absolute Gasteiger partial charge is 0.170 e. The van der Waals surface area contributed by atoms with Crippen LogP contribution in [-0.4, -0.2) is 28.4 Å². The zero-order valence-electron chi connectivity index (χ0n) is 9.35. The molecule has 0 aliphatic heterocycles. The van der Waals surface area contributed by atoms with Crippen molar-refractivity contribution in [3.05, 3.63) is 29.7 Å². The average Bonchev–Trinajstić information content (AvgIpc) is 2.69. The number of aromatic nitrogens is 3. The Morgan fingerprint density at radius 2 is 2.24 bits per heavy atom. The van der Waals surface area contributed by atoms with Gasteiger partial charge in [-0.15, -0.1) is 5.10 Å². The van der Waals surface area contributed by atoms with Crippen molar-refractivity contribution in [3.8, 4) is 17.0 Å². The second-order valence-corrected chi connectivity index (χ2v) is 3.38. The molecule has 0 aliphatic rings. The fourth-order valence-electron chi connectivity index (χ4n) is 1.58. The van der Waals surface area contributed by atoms with Crippen molar-refractivity contribution >= 4 is 6.29 Å². The van der Waals surface area contributed by atoms with Crippen molar-refractivity contribution in [2.75, 3.05) is 7.11 Å². The van der Waals surface area contributed by atoms with Gasteiger partial charge >= 0.3 is 0 Å². The molecule has 0 aliphatic carbocycles. The zero-order valence-corrected chi connectivity index (χ0v) is 9.35. The molecule has 1 aromatic heterocycles. The molecule has 1 aromatic carbocycles. The molecule has 0 saturated carbocycles. The fraction of sp³-hybridized carbons (Fsp3) is 0.182. The molecule has 2 aromatic rings. The Morgan fingerprint density at radius 3 is 2.88 bits per heavy atom. The standard InChI is InChI=1S/C11H10FN3O2/c1-15-8(6-16)11(13-14-15)10-7(12)4-3-5-9(10)17-2/h3-6H,1-2H3. The molecule has 88 valence electrons. The van der Waals surface area contributed by atoms with Crippen LogP contribution in [0.2, 0.25) is 0 Å². The number of carbonyl (C=O) groups is 1. The maximum atomic E-state index is 13.8. The highest BCUT2D eigenvalue weighted by Crippen LogP contribution is 2.32. The normalized spacial score (nSPS) is 10.3. The van der Waals surface area contributed by atoms with Gasteiger partial charge < -0.3 is 4.74 Å². The van der Waals surface area contributed by atoms with Crippen molar-refractivity contribution in [1.29, 1.82) is 0 Å². The van der Waals surface area contributed by atoms with Gasteiger partial charge in [-0.05, 0) is 12.1 Å². The highest BCUT2D eigenvalue weighted by atomic mass is 19.1. The highest BCUT2D eigenvalue weighted by molar-refractivity contribution is 5.85. The molecule has 0 unspecified atom stereocenters. The van der Waals surface area contributed by atoms with Gasteiger partial charge in [-0.25, -0.2) is 9.07 Å². The Balaban J connectivity index is 2.71. The molecule has 17 heavy (non-hydrogen) atoms. The summed E-state index contributed by atoms with van der Waals surface area (Å²) in [5, 5.41) is 7.48. The summed E-state index contributed by atoms with van der Waals surface area (Å²) < 4.78 is 20.1. The van der Waals surface area contributed by atoms with E-state index >= 15 is 0 Å². The van der Waals surface area contributed by atoms with E-state index in [1.54, 1.807) is 13.1 Å². The average molecular weight is 235 g/mol. The summed E-state index contributed by atoms with van der Waals surface area (Å²) in [4.78, 5) is 10.9. The molecule has 0 N–H and O–H groups in total. The van der Waals surface area contributed by atoms with Crippen LogP contribution < -0.4 is 4.74 Å². The molecule has 1 heterocycles. The summed E-state index contributed by atoms with van der Waals surface area (Å²) in [6, 6.07) is 4.40. The number of benzene rings is 1. The summed E-state index contributed by atoms with van der Waals surface area (Å²) in [6.07, 6.45) is 0.585. The highest BCUT2D eigenvalue weighted by Gasteiger charge is 2.19. The first-order valence-electron chi connectivity index (χ1n) is 4.86. The van der Waals surface area contributed by atoms with Crippen LogP contribution in [-0.2, 0) is 7.05 Å². The Morgan fingerprint density at radius 1 is 1.47 bits per heavy atom. The number of aldehydes is 1. The first kappa shape index (κ1) is 11.3. The SMILES string of the molecule is COc1cccc(F)c1-c1nnn(C)c1C=O. The third-order valence-corrected chi connectivity index (χ3v) is 2.41. The van der Waals surface area contributed by atoms with Gasteiger partial charge in [0.05, 0.1) is 12.7 Å². The Bertz CT molecular complexity index is 566. The van der Waals surface area contributed by atoms with Gasteiger partial charge in [0.25, 0.3) is 0 Å². The molecule has 0 atom stereocenters. The Labute approximate surface area is 96.8 Å². The lowest BCUT2D eigenvalue weighted by atomic mass is 10.1. The van der Waals surface area contributed by atoms with Crippen LogP contribution in [0, 0.1) is 5.82 Å². The lowest BCUT2D eigenvalue weighted by Crippen LogP contribution is -1.98. The minimum absolute atomic E-state index is 0.144. The van der Waals surface area contributed by atoms with Crippen LogP contribution in [0.25, 0.3) is 11.3 Å². The van der Waals surface area contributed by atoms with Gasteiger partial charge in [0.2, 0.25) is 0 Å². The predicted octanol–water partition coefficient (Wildman–Crippen LogP) is 1.44. The number of methoxy groups -OCH3 is 1. The summed E-state index contributed by atoms with van der Waals surface area (Å²) in [5.74, 6) is -0.193. The van der Waals surface area contributed by atoms with Crippen molar-refractivity contribution in [3.63, 3.8) is 0 Å². The molecule has 0 saturated heterocycles. The molecule has 6 heteroatoms. The molecule has 0 bridgehead atoms. The van der Waals surface area contributed by atoms with Crippen molar-refractivity contribution in [2.24, 2.45) is 7.05 Å². The number of carbonyl (C=O) groups excluding carboxylic acids is 1.